The number of carbonyl (C=O) groups is 1. The molecule has 1 aromatic heterocycles. The molecule has 20 heavy (non-hydrogen) atoms. The first kappa shape index (κ1) is 14.8. The van der Waals surface area contributed by atoms with Gasteiger partial charge in [-0.2, -0.15) is 0 Å². The van der Waals surface area contributed by atoms with Gasteiger partial charge in [0.05, 0.1) is 0 Å². The van der Waals surface area contributed by atoms with Gasteiger partial charge >= 0.3 is 6.09 Å². The SMILES string of the molecule is Cc1cc2cc(NC(=O)OC(C)(C)C)ncc2cc1Br. The Morgan fingerprint density at radius 2 is 1.95 bits per heavy atom. The average Bonchev–Trinajstić information content (AvgIpc) is 2.28. The molecule has 0 spiro atoms. The van der Waals surface area contributed by atoms with Crippen molar-refractivity contribution in [3.8, 4) is 0 Å². The van der Waals surface area contributed by atoms with E-state index in [1.165, 1.54) is 0 Å². The molecular weight excluding hydrogens is 320 g/mol. The van der Waals surface area contributed by atoms with E-state index in [1.54, 1.807) is 6.20 Å². The normalized spacial score (nSPS) is 11.4. The van der Waals surface area contributed by atoms with E-state index in [2.05, 4.69) is 26.2 Å². The molecule has 0 aliphatic heterocycles. The van der Waals surface area contributed by atoms with E-state index in [1.807, 2.05) is 45.9 Å². The van der Waals surface area contributed by atoms with Gasteiger partial charge in [-0.15, -0.1) is 0 Å². The quantitative estimate of drug-likeness (QED) is 0.824. The van der Waals surface area contributed by atoms with Gasteiger partial charge in [0.2, 0.25) is 0 Å². The zero-order valence-electron chi connectivity index (χ0n) is 12.0. The van der Waals surface area contributed by atoms with E-state index in [4.69, 9.17) is 4.74 Å². The van der Waals surface area contributed by atoms with Gasteiger partial charge in [-0.25, -0.2) is 9.78 Å². The Labute approximate surface area is 126 Å². The minimum atomic E-state index is -0.525. The first-order valence-corrected chi connectivity index (χ1v) is 7.10. The molecule has 0 aliphatic rings. The molecule has 1 heterocycles. The highest BCUT2D eigenvalue weighted by Crippen LogP contribution is 2.25. The summed E-state index contributed by atoms with van der Waals surface area (Å²) < 4.78 is 6.24. The lowest BCUT2D eigenvalue weighted by atomic mass is 10.1. The summed E-state index contributed by atoms with van der Waals surface area (Å²) in [5.41, 5.74) is 0.606. The van der Waals surface area contributed by atoms with Crippen LogP contribution in [0.4, 0.5) is 10.6 Å². The van der Waals surface area contributed by atoms with Gasteiger partial charge < -0.3 is 4.74 Å². The van der Waals surface area contributed by atoms with E-state index < -0.39 is 11.7 Å². The summed E-state index contributed by atoms with van der Waals surface area (Å²) in [6.45, 7) is 7.48. The average molecular weight is 337 g/mol. The van der Waals surface area contributed by atoms with Crippen LogP contribution in [0.25, 0.3) is 10.8 Å². The third-order valence-electron chi connectivity index (χ3n) is 2.63. The van der Waals surface area contributed by atoms with Crippen LogP contribution < -0.4 is 5.32 Å². The van der Waals surface area contributed by atoms with Crippen LogP contribution in [0, 0.1) is 6.92 Å². The van der Waals surface area contributed by atoms with E-state index in [0.717, 1.165) is 20.8 Å². The predicted molar refractivity (Wildman–Crippen MR) is 84.0 cm³/mol. The van der Waals surface area contributed by atoms with Crippen LogP contribution in [0.15, 0.2) is 28.9 Å². The molecule has 5 heteroatoms. The Bertz CT molecular complexity index is 663. The standard InChI is InChI=1S/C15H17BrN2O2/c1-9-5-10-7-13(17-8-11(10)6-12(9)16)18-14(19)20-15(2,3)4/h5-8H,1-4H3,(H,17,18,19). The molecule has 0 atom stereocenters. The van der Waals surface area contributed by atoms with Gasteiger partial charge in [0.15, 0.2) is 0 Å². The molecule has 1 aromatic carbocycles. The molecular formula is C15H17BrN2O2. The molecule has 2 aromatic rings. The maximum atomic E-state index is 11.7. The predicted octanol–water partition coefficient (Wildman–Crippen LogP) is 4.65. The lowest BCUT2D eigenvalue weighted by Crippen LogP contribution is -2.27. The number of fused-ring (bicyclic) bond motifs is 1. The number of hydrogen-bond acceptors (Lipinski definition) is 3. The highest BCUT2D eigenvalue weighted by atomic mass is 79.9. The monoisotopic (exact) mass is 336 g/mol. The molecule has 0 unspecified atom stereocenters. The number of benzene rings is 1. The second kappa shape index (κ2) is 5.40. The van der Waals surface area contributed by atoms with E-state index >= 15 is 0 Å². The fourth-order valence-electron chi connectivity index (χ4n) is 1.76. The second-order valence-corrected chi connectivity index (χ2v) is 6.50. The minimum absolute atomic E-state index is 0.480. The molecule has 0 fully saturated rings. The van der Waals surface area contributed by atoms with E-state index in [9.17, 15) is 4.79 Å². The first-order chi connectivity index (χ1) is 9.24. The van der Waals surface area contributed by atoms with Gasteiger partial charge in [0.1, 0.15) is 11.4 Å². The van der Waals surface area contributed by atoms with E-state index in [-0.39, 0.29) is 0 Å². The minimum Gasteiger partial charge on any atom is -0.444 e. The fourth-order valence-corrected chi connectivity index (χ4v) is 2.12. The Balaban J connectivity index is 2.24. The smallest absolute Gasteiger partial charge is 0.413 e. The van der Waals surface area contributed by atoms with Crippen molar-refractivity contribution in [3.05, 3.63) is 34.4 Å². The number of halogens is 1. The molecule has 0 radical (unpaired) electrons. The Hall–Kier alpha value is -1.62. The summed E-state index contributed by atoms with van der Waals surface area (Å²) in [6, 6.07) is 5.88. The van der Waals surface area contributed by atoms with Crippen molar-refractivity contribution in [3.63, 3.8) is 0 Å². The topological polar surface area (TPSA) is 51.2 Å². The van der Waals surface area contributed by atoms with Crippen LogP contribution in [0.3, 0.4) is 0 Å². The maximum absolute atomic E-state index is 11.7. The van der Waals surface area contributed by atoms with Crippen LogP contribution in [0.2, 0.25) is 0 Å². The number of anilines is 1. The first-order valence-electron chi connectivity index (χ1n) is 6.30. The molecule has 106 valence electrons. The summed E-state index contributed by atoms with van der Waals surface area (Å²) in [4.78, 5) is 15.9. The molecule has 1 amide bonds. The largest absolute Gasteiger partial charge is 0.444 e. The lowest BCUT2D eigenvalue weighted by Gasteiger charge is -2.19. The number of pyridine rings is 1. The Kier molecular flexibility index (Phi) is 3.99. The number of aromatic nitrogens is 1. The molecule has 0 saturated heterocycles. The van der Waals surface area contributed by atoms with Gasteiger partial charge in [-0.05, 0) is 50.8 Å². The van der Waals surface area contributed by atoms with Crippen molar-refractivity contribution in [1.29, 1.82) is 0 Å². The van der Waals surface area contributed by atoms with Gasteiger partial charge in [-0.3, -0.25) is 5.32 Å². The van der Waals surface area contributed by atoms with Crippen LogP contribution in [-0.2, 0) is 4.74 Å². The number of hydrogen-bond donors (Lipinski definition) is 1. The summed E-state index contributed by atoms with van der Waals surface area (Å²) in [7, 11) is 0. The van der Waals surface area contributed by atoms with E-state index in [0.29, 0.717) is 5.82 Å². The van der Waals surface area contributed by atoms with Crippen molar-refractivity contribution >= 4 is 38.6 Å². The molecule has 0 saturated carbocycles. The number of nitrogens with one attached hydrogen (secondary N) is 1. The summed E-state index contributed by atoms with van der Waals surface area (Å²) in [5.74, 6) is 0.480. The van der Waals surface area contributed by atoms with Crippen LogP contribution in [0.5, 0.6) is 0 Å². The lowest BCUT2D eigenvalue weighted by molar-refractivity contribution is 0.0635. The highest BCUT2D eigenvalue weighted by Gasteiger charge is 2.16. The number of nitrogens with zero attached hydrogens (tertiary/aromatic N) is 1. The maximum Gasteiger partial charge on any atom is 0.413 e. The van der Waals surface area contributed by atoms with Crippen molar-refractivity contribution in [2.75, 3.05) is 5.32 Å². The fraction of sp³-hybridized carbons (Fsp3) is 0.333. The molecule has 0 bridgehead atoms. The van der Waals surface area contributed by atoms with Crippen LogP contribution in [-0.4, -0.2) is 16.7 Å². The molecule has 4 nitrogen and oxygen atoms in total. The van der Waals surface area contributed by atoms with Crippen molar-refractivity contribution in [1.82, 2.24) is 4.98 Å². The third-order valence-corrected chi connectivity index (χ3v) is 3.48. The molecule has 2 rings (SSSR count). The number of ether oxygens (including phenoxy) is 1. The highest BCUT2D eigenvalue weighted by molar-refractivity contribution is 9.10. The molecule has 1 N–H and O–H groups in total. The number of carbonyl (C=O) groups excluding carboxylic acids is 1. The number of aryl methyl sites for hydroxylation is 1. The second-order valence-electron chi connectivity index (χ2n) is 5.64. The number of amides is 1. The van der Waals surface area contributed by atoms with Crippen LogP contribution >= 0.6 is 15.9 Å². The zero-order chi connectivity index (χ0) is 14.9. The van der Waals surface area contributed by atoms with Crippen molar-refractivity contribution in [2.45, 2.75) is 33.3 Å². The third kappa shape index (κ3) is 3.70. The number of rotatable bonds is 1. The Morgan fingerprint density at radius 3 is 2.60 bits per heavy atom. The van der Waals surface area contributed by atoms with Gasteiger partial charge in [0, 0.05) is 16.1 Å². The van der Waals surface area contributed by atoms with Crippen molar-refractivity contribution < 1.29 is 9.53 Å². The van der Waals surface area contributed by atoms with Gasteiger partial charge in [0.25, 0.3) is 0 Å². The van der Waals surface area contributed by atoms with Gasteiger partial charge in [-0.1, -0.05) is 22.0 Å². The van der Waals surface area contributed by atoms with Crippen LogP contribution in [0.1, 0.15) is 26.3 Å². The van der Waals surface area contributed by atoms with Crippen molar-refractivity contribution in [2.24, 2.45) is 0 Å². The summed E-state index contributed by atoms with van der Waals surface area (Å²) in [6.07, 6.45) is 1.23. The zero-order valence-corrected chi connectivity index (χ0v) is 13.5. The summed E-state index contributed by atoms with van der Waals surface area (Å²) in [5, 5.41) is 4.67. The molecule has 0 aliphatic carbocycles. The summed E-state index contributed by atoms with van der Waals surface area (Å²) >= 11 is 3.49. The Morgan fingerprint density at radius 1 is 1.25 bits per heavy atom.